The molecule has 0 aliphatic rings. The van der Waals surface area contributed by atoms with E-state index in [9.17, 15) is 14.5 Å². The lowest BCUT2D eigenvalue weighted by Crippen LogP contribution is -2.02. The van der Waals surface area contributed by atoms with Gasteiger partial charge in [0.2, 0.25) is 0 Å². The molecule has 21 heavy (non-hydrogen) atoms. The Hall–Kier alpha value is -2.06. The molecule has 9 nitrogen and oxygen atoms in total. The number of carboxylic acid groups (broad SMARTS) is 1. The van der Waals surface area contributed by atoms with Crippen molar-refractivity contribution in [1.29, 1.82) is 0 Å². The smallest absolute Gasteiger partial charge is 0.469 e. The highest BCUT2D eigenvalue weighted by molar-refractivity contribution is 7.46. The molecule has 0 bridgehead atoms. The number of hydrogen-bond donors (Lipinski definition) is 4. The molecule has 0 saturated carbocycles. The molecule has 0 fully saturated rings. The van der Waals surface area contributed by atoms with Crippen LogP contribution in [0.5, 0.6) is 5.75 Å². The molecule has 1 rings (SSSR count). The van der Waals surface area contributed by atoms with Crippen molar-refractivity contribution < 1.29 is 33.9 Å². The number of aromatic hydroxyl groups is 1. The van der Waals surface area contributed by atoms with Crippen LogP contribution in [0.3, 0.4) is 0 Å². The lowest BCUT2D eigenvalue weighted by Gasteiger charge is -2.10. The molecule has 0 spiro atoms. The van der Waals surface area contributed by atoms with Gasteiger partial charge in [0.1, 0.15) is 11.4 Å². The molecule has 0 aliphatic carbocycles. The fourth-order valence-electron chi connectivity index (χ4n) is 1.26. The van der Waals surface area contributed by atoms with Gasteiger partial charge in [-0.1, -0.05) is 6.58 Å². The fourth-order valence-corrected chi connectivity index (χ4v) is 1.57. The molecule has 0 atom stereocenters. The zero-order valence-corrected chi connectivity index (χ0v) is 11.8. The maximum Gasteiger partial charge on any atom is 0.469 e. The summed E-state index contributed by atoms with van der Waals surface area (Å²) in [7, 11) is -4.70. The van der Waals surface area contributed by atoms with Gasteiger partial charge in [0.15, 0.2) is 0 Å². The Kier molecular flexibility index (Phi) is 5.34. The summed E-state index contributed by atoms with van der Waals surface area (Å²) in [6, 6.07) is 0. The predicted octanol–water partition coefficient (Wildman–Crippen LogP) is 0.722. The first-order valence-electron chi connectivity index (χ1n) is 5.45. The number of aliphatic carboxylic acids is 1. The van der Waals surface area contributed by atoms with Gasteiger partial charge in [-0.2, -0.15) is 0 Å². The minimum absolute atomic E-state index is 0.0401. The van der Waals surface area contributed by atoms with Crippen LogP contribution in [0.15, 0.2) is 23.5 Å². The molecule has 0 unspecified atom stereocenters. The van der Waals surface area contributed by atoms with E-state index in [2.05, 4.69) is 21.1 Å². The second-order valence-electron chi connectivity index (χ2n) is 3.91. The van der Waals surface area contributed by atoms with Gasteiger partial charge in [-0.25, -0.2) is 14.4 Å². The molecule has 1 aromatic heterocycles. The predicted molar refractivity (Wildman–Crippen MR) is 71.8 cm³/mol. The molecular formula is C11H13N2O7P. The minimum Gasteiger partial charge on any atom is -0.505 e. The lowest BCUT2D eigenvalue weighted by molar-refractivity contribution is -0.132. The number of aryl methyl sites for hydroxylation is 1. The second kappa shape index (κ2) is 6.59. The first kappa shape index (κ1) is 17.0. The van der Waals surface area contributed by atoms with Crippen molar-refractivity contribution in [1.82, 2.24) is 4.98 Å². The number of nitrogens with zero attached hydrogens (tertiary/aromatic N) is 2. The van der Waals surface area contributed by atoms with Crippen LogP contribution in [0, 0.1) is 6.92 Å². The summed E-state index contributed by atoms with van der Waals surface area (Å²) < 4.78 is 15.0. The van der Waals surface area contributed by atoms with Crippen LogP contribution in [-0.2, 0) is 20.5 Å². The number of phosphoric ester groups is 1. The van der Waals surface area contributed by atoms with Gasteiger partial charge < -0.3 is 20.0 Å². The van der Waals surface area contributed by atoms with Gasteiger partial charge in [0.25, 0.3) is 0 Å². The summed E-state index contributed by atoms with van der Waals surface area (Å²) in [5.41, 5.74) is -0.0650. The van der Waals surface area contributed by atoms with E-state index >= 15 is 0 Å². The number of aromatic nitrogens is 1. The number of rotatable bonds is 6. The van der Waals surface area contributed by atoms with Crippen LogP contribution in [0.4, 0.5) is 0 Å². The molecule has 1 heterocycles. The van der Waals surface area contributed by atoms with E-state index in [0.29, 0.717) is 0 Å². The van der Waals surface area contributed by atoms with Gasteiger partial charge in [-0.15, -0.1) is 0 Å². The third kappa shape index (κ3) is 5.09. The van der Waals surface area contributed by atoms with Gasteiger partial charge in [0, 0.05) is 23.5 Å². The van der Waals surface area contributed by atoms with E-state index in [0.717, 1.165) is 6.21 Å². The molecule has 0 aliphatic heterocycles. The molecule has 114 valence electrons. The molecule has 10 heteroatoms. The van der Waals surface area contributed by atoms with Gasteiger partial charge in [-0.3, -0.25) is 9.51 Å². The van der Waals surface area contributed by atoms with Gasteiger partial charge in [-0.05, 0) is 6.92 Å². The second-order valence-corrected chi connectivity index (χ2v) is 5.14. The molecule has 0 aromatic carbocycles. The number of pyridine rings is 1. The van der Waals surface area contributed by atoms with E-state index in [-0.39, 0.29) is 22.6 Å². The van der Waals surface area contributed by atoms with Crippen molar-refractivity contribution in [2.75, 3.05) is 0 Å². The summed E-state index contributed by atoms with van der Waals surface area (Å²) in [6.45, 7) is 4.14. The van der Waals surface area contributed by atoms with Gasteiger partial charge in [0.05, 0.1) is 12.3 Å². The average molecular weight is 316 g/mol. The van der Waals surface area contributed by atoms with Crippen molar-refractivity contribution in [3.63, 3.8) is 0 Å². The van der Waals surface area contributed by atoms with E-state index in [1.54, 1.807) is 0 Å². The quantitative estimate of drug-likeness (QED) is 0.340. The Bertz CT molecular complexity index is 650. The largest absolute Gasteiger partial charge is 0.505 e. The SMILES string of the molecule is C=C(N=Cc1c(COP(=O)(O)O)cnc(C)c1O)C(=O)O. The molecule has 0 amide bonds. The fraction of sp³-hybridized carbons (Fsp3) is 0.182. The van der Waals surface area contributed by atoms with Crippen molar-refractivity contribution in [3.8, 4) is 5.75 Å². The molecular weight excluding hydrogens is 303 g/mol. The van der Waals surface area contributed by atoms with Gasteiger partial charge >= 0.3 is 13.8 Å². The topological polar surface area (TPSA) is 150 Å². The number of aliphatic imine (C=N–C) groups is 1. The lowest BCUT2D eigenvalue weighted by atomic mass is 10.1. The highest BCUT2D eigenvalue weighted by Crippen LogP contribution is 2.37. The third-order valence-electron chi connectivity index (χ3n) is 2.34. The maximum atomic E-state index is 10.7. The van der Waals surface area contributed by atoms with E-state index in [4.69, 9.17) is 14.9 Å². The van der Waals surface area contributed by atoms with E-state index in [1.807, 2.05) is 0 Å². The normalized spacial score (nSPS) is 11.8. The average Bonchev–Trinajstić information content (AvgIpc) is 2.37. The maximum absolute atomic E-state index is 10.7. The first-order chi connectivity index (χ1) is 9.61. The zero-order chi connectivity index (χ0) is 16.2. The molecule has 0 radical (unpaired) electrons. The van der Waals surface area contributed by atoms with Crippen LogP contribution in [-0.4, -0.2) is 37.2 Å². The monoisotopic (exact) mass is 316 g/mol. The van der Waals surface area contributed by atoms with Crippen LogP contribution < -0.4 is 0 Å². The molecule has 4 N–H and O–H groups in total. The zero-order valence-electron chi connectivity index (χ0n) is 10.9. The van der Waals surface area contributed by atoms with E-state index in [1.165, 1.54) is 13.1 Å². The van der Waals surface area contributed by atoms with Crippen LogP contribution in [0.1, 0.15) is 16.8 Å². The minimum atomic E-state index is -4.70. The number of carbonyl (C=O) groups is 1. The number of carboxylic acids is 1. The van der Waals surface area contributed by atoms with E-state index < -0.39 is 26.1 Å². The number of hydrogen-bond acceptors (Lipinski definition) is 6. The summed E-state index contributed by atoms with van der Waals surface area (Å²) in [5, 5.41) is 18.5. The van der Waals surface area contributed by atoms with Crippen molar-refractivity contribution in [2.24, 2.45) is 4.99 Å². The van der Waals surface area contributed by atoms with Crippen molar-refractivity contribution in [2.45, 2.75) is 13.5 Å². The Labute approximate surface area is 119 Å². The Morgan fingerprint density at radius 3 is 2.71 bits per heavy atom. The highest BCUT2D eigenvalue weighted by atomic mass is 31.2. The number of phosphoric acid groups is 1. The van der Waals surface area contributed by atoms with Crippen LogP contribution in [0.25, 0.3) is 0 Å². The van der Waals surface area contributed by atoms with Crippen molar-refractivity contribution >= 4 is 20.0 Å². The van der Waals surface area contributed by atoms with Crippen molar-refractivity contribution in [3.05, 3.63) is 35.3 Å². The Morgan fingerprint density at radius 1 is 1.57 bits per heavy atom. The summed E-state index contributed by atoms with van der Waals surface area (Å²) in [5.74, 6) is -1.65. The van der Waals surface area contributed by atoms with Crippen LogP contribution in [0.2, 0.25) is 0 Å². The Morgan fingerprint density at radius 2 is 2.19 bits per heavy atom. The highest BCUT2D eigenvalue weighted by Gasteiger charge is 2.17. The van der Waals surface area contributed by atoms with Crippen LogP contribution >= 0.6 is 7.82 Å². The standard InChI is InChI=1S/C11H13N2O7P/c1-6-10(14)9(4-13-7(2)11(15)16)8(3-12-6)5-20-21(17,18)19/h3-4,14H,2,5H2,1H3,(H,15,16)(H2,17,18,19). The summed E-state index contributed by atoms with van der Waals surface area (Å²) in [4.78, 5) is 35.3. The molecule has 1 aromatic rings. The third-order valence-corrected chi connectivity index (χ3v) is 2.81. The first-order valence-corrected chi connectivity index (χ1v) is 6.98. The summed E-state index contributed by atoms with van der Waals surface area (Å²) in [6.07, 6.45) is 2.24. The molecule has 0 saturated heterocycles. The Balaban J connectivity index is 3.15. The summed E-state index contributed by atoms with van der Waals surface area (Å²) >= 11 is 0.